The van der Waals surface area contributed by atoms with Crippen LogP contribution < -0.4 is 0 Å². The molecule has 1 atom stereocenters. The van der Waals surface area contributed by atoms with E-state index in [-0.39, 0.29) is 0 Å². The smallest absolute Gasteiger partial charge is 0.101 e. The molecule has 0 aliphatic carbocycles. The lowest BCUT2D eigenvalue weighted by Crippen LogP contribution is -2.42. The first-order valence-electron chi connectivity index (χ1n) is 14.9. The van der Waals surface area contributed by atoms with Crippen molar-refractivity contribution in [2.75, 3.05) is 6.54 Å². The predicted octanol–water partition coefficient (Wildman–Crippen LogP) is 10.0. The zero-order chi connectivity index (χ0) is 23.3. The average molecular weight is 449 g/mol. The average Bonchev–Trinajstić information content (AvgIpc) is 3.19. The van der Waals surface area contributed by atoms with Crippen molar-refractivity contribution in [1.82, 2.24) is 9.80 Å². The first-order valence-corrected chi connectivity index (χ1v) is 14.9. The van der Waals surface area contributed by atoms with Gasteiger partial charge in [-0.3, -0.25) is 0 Å². The van der Waals surface area contributed by atoms with E-state index in [0.29, 0.717) is 12.2 Å². The molecule has 1 heterocycles. The van der Waals surface area contributed by atoms with Crippen molar-refractivity contribution in [3.8, 4) is 0 Å². The minimum absolute atomic E-state index is 0.609. The quantitative estimate of drug-likeness (QED) is 0.143. The van der Waals surface area contributed by atoms with Crippen LogP contribution in [-0.4, -0.2) is 28.6 Å². The molecule has 0 saturated heterocycles. The molecule has 0 fully saturated rings. The fraction of sp³-hybridized carbons (Fsp3) is 0.933. The summed E-state index contributed by atoms with van der Waals surface area (Å²) in [7, 11) is 0. The standard InChI is InChI=1S/C30H60N2/c1-5-7-9-11-12-13-14-15-16-17-18-19-20-21-23-25-30-31(26-24-22-10-8-6-2)27-28-32(30)29(3)4/h27-30H,5-26H2,1-4H3. The van der Waals surface area contributed by atoms with E-state index >= 15 is 0 Å². The van der Waals surface area contributed by atoms with Crippen LogP contribution in [0.3, 0.4) is 0 Å². The van der Waals surface area contributed by atoms with Crippen LogP contribution in [0.1, 0.15) is 163 Å². The van der Waals surface area contributed by atoms with E-state index in [1.165, 1.54) is 141 Å². The summed E-state index contributed by atoms with van der Waals surface area (Å²) in [5, 5.41) is 0. The van der Waals surface area contributed by atoms with Gasteiger partial charge in [0.15, 0.2) is 0 Å². The largest absolute Gasteiger partial charge is 0.356 e. The van der Waals surface area contributed by atoms with E-state index < -0.39 is 0 Å². The summed E-state index contributed by atoms with van der Waals surface area (Å²) in [5.41, 5.74) is 0. The van der Waals surface area contributed by atoms with Gasteiger partial charge in [0.2, 0.25) is 0 Å². The molecule has 2 nitrogen and oxygen atoms in total. The fourth-order valence-corrected chi connectivity index (χ4v) is 5.18. The predicted molar refractivity (Wildman–Crippen MR) is 145 cm³/mol. The highest BCUT2D eigenvalue weighted by molar-refractivity contribution is 4.98. The van der Waals surface area contributed by atoms with Gasteiger partial charge in [0.05, 0.1) is 0 Å². The summed E-state index contributed by atoms with van der Waals surface area (Å²) in [4.78, 5) is 5.23. The third-order valence-electron chi connectivity index (χ3n) is 7.34. The van der Waals surface area contributed by atoms with Crippen LogP contribution in [0.15, 0.2) is 12.4 Å². The third kappa shape index (κ3) is 14.5. The molecule has 1 unspecified atom stereocenters. The molecule has 0 aromatic carbocycles. The fourth-order valence-electron chi connectivity index (χ4n) is 5.18. The van der Waals surface area contributed by atoms with Crippen molar-refractivity contribution < 1.29 is 0 Å². The SMILES string of the molecule is CCCCCCCCCCCCCCCCCC1N(CCCCCCC)C=CN1C(C)C. The molecule has 0 bridgehead atoms. The van der Waals surface area contributed by atoms with Gasteiger partial charge in [0.1, 0.15) is 6.17 Å². The highest BCUT2D eigenvalue weighted by atomic mass is 15.4. The summed E-state index contributed by atoms with van der Waals surface area (Å²) in [6.07, 6.45) is 35.3. The molecule has 0 N–H and O–H groups in total. The van der Waals surface area contributed by atoms with E-state index in [0.717, 1.165) is 0 Å². The Kier molecular flexibility index (Phi) is 19.2. The molecule has 1 aliphatic rings. The number of hydrogen-bond acceptors (Lipinski definition) is 2. The van der Waals surface area contributed by atoms with Gasteiger partial charge in [0.25, 0.3) is 0 Å². The van der Waals surface area contributed by atoms with Gasteiger partial charge in [-0.25, -0.2) is 0 Å². The van der Waals surface area contributed by atoms with Crippen molar-refractivity contribution >= 4 is 0 Å². The van der Waals surface area contributed by atoms with Gasteiger partial charge < -0.3 is 9.80 Å². The molecule has 32 heavy (non-hydrogen) atoms. The van der Waals surface area contributed by atoms with Crippen LogP contribution in [0.25, 0.3) is 0 Å². The molecular weight excluding hydrogens is 388 g/mol. The Bertz CT molecular complexity index is 417. The maximum atomic E-state index is 2.63. The Morgan fingerprint density at radius 3 is 1.38 bits per heavy atom. The van der Waals surface area contributed by atoms with Gasteiger partial charge in [-0.05, 0) is 33.1 Å². The summed E-state index contributed by atoms with van der Waals surface area (Å²) in [6.45, 7) is 10.5. The minimum Gasteiger partial charge on any atom is -0.356 e. The van der Waals surface area contributed by atoms with Gasteiger partial charge in [0, 0.05) is 25.0 Å². The highest BCUT2D eigenvalue weighted by Gasteiger charge is 2.26. The van der Waals surface area contributed by atoms with Crippen molar-refractivity contribution in [3.05, 3.63) is 12.4 Å². The van der Waals surface area contributed by atoms with Crippen LogP contribution in [-0.2, 0) is 0 Å². The molecule has 0 aromatic heterocycles. The van der Waals surface area contributed by atoms with E-state index in [9.17, 15) is 0 Å². The van der Waals surface area contributed by atoms with Crippen LogP contribution in [0.4, 0.5) is 0 Å². The molecule has 0 radical (unpaired) electrons. The molecule has 2 heteroatoms. The van der Waals surface area contributed by atoms with Crippen LogP contribution >= 0.6 is 0 Å². The number of nitrogens with zero attached hydrogens (tertiary/aromatic N) is 2. The molecule has 0 spiro atoms. The maximum Gasteiger partial charge on any atom is 0.101 e. The topological polar surface area (TPSA) is 6.48 Å². The Balaban J connectivity index is 2.01. The van der Waals surface area contributed by atoms with Gasteiger partial charge in [-0.15, -0.1) is 0 Å². The number of hydrogen-bond donors (Lipinski definition) is 0. The van der Waals surface area contributed by atoms with Crippen molar-refractivity contribution in [3.63, 3.8) is 0 Å². The zero-order valence-corrected chi connectivity index (χ0v) is 22.8. The molecule has 190 valence electrons. The highest BCUT2D eigenvalue weighted by Crippen LogP contribution is 2.25. The summed E-state index contributed by atoms with van der Waals surface area (Å²) in [6, 6.07) is 0.609. The van der Waals surface area contributed by atoms with Crippen LogP contribution in [0.5, 0.6) is 0 Å². The van der Waals surface area contributed by atoms with Gasteiger partial charge in [-0.1, -0.05) is 129 Å². The molecular formula is C30H60N2. The molecule has 0 saturated carbocycles. The Morgan fingerprint density at radius 1 is 0.531 bits per heavy atom. The van der Waals surface area contributed by atoms with E-state index in [1.54, 1.807) is 0 Å². The van der Waals surface area contributed by atoms with Crippen molar-refractivity contribution in [2.24, 2.45) is 0 Å². The number of unbranched alkanes of at least 4 members (excludes halogenated alkanes) is 18. The summed E-state index contributed by atoms with van der Waals surface area (Å²) < 4.78 is 0. The second kappa shape index (κ2) is 20.9. The minimum atomic E-state index is 0.609. The lowest BCUT2D eigenvalue weighted by atomic mass is 10.0. The van der Waals surface area contributed by atoms with Gasteiger partial charge >= 0.3 is 0 Å². The monoisotopic (exact) mass is 448 g/mol. The lowest BCUT2D eigenvalue weighted by molar-refractivity contribution is 0.114. The van der Waals surface area contributed by atoms with E-state index in [4.69, 9.17) is 0 Å². The Morgan fingerprint density at radius 2 is 0.938 bits per heavy atom. The third-order valence-corrected chi connectivity index (χ3v) is 7.34. The van der Waals surface area contributed by atoms with E-state index in [2.05, 4.69) is 49.9 Å². The Labute approximate surface area is 203 Å². The maximum absolute atomic E-state index is 2.63. The first-order chi connectivity index (χ1) is 15.7. The zero-order valence-electron chi connectivity index (χ0n) is 22.8. The first kappa shape index (κ1) is 29.4. The van der Waals surface area contributed by atoms with Gasteiger partial charge in [-0.2, -0.15) is 0 Å². The van der Waals surface area contributed by atoms with Crippen LogP contribution in [0, 0.1) is 0 Å². The normalized spacial score (nSPS) is 16.1. The van der Waals surface area contributed by atoms with Crippen molar-refractivity contribution in [1.29, 1.82) is 0 Å². The molecule has 0 aromatic rings. The van der Waals surface area contributed by atoms with E-state index in [1.807, 2.05) is 0 Å². The molecule has 1 rings (SSSR count). The second-order valence-electron chi connectivity index (χ2n) is 10.7. The summed E-state index contributed by atoms with van der Waals surface area (Å²) in [5.74, 6) is 0. The van der Waals surface area contributed by atoms with Crippen molar-refractivity contribution in [2.45, 2.75) is 175 Å². The second-order valence-corrected chi connectivity index (χ2v) is 10.7. The molecule has 0 amide bonds. The molecule has 1 aliphatic heterocycles. The lowest BCUT2D eigenvalue weighted by Gasteiger charge is -2.35. The summed E-state index contributed by atoms with van der Waals surface area (Å²) >= 11 is 0. The number of rotatable bonds is 23. The van der Waals surface area contributed by atoms with Crippen LogP contribution in [0.2, 0.25) is 0 Å². The Hall–Kier alpha value is -0.660.